The van der Waals surface area contributed by atoms with Gasteiger partial charge in [-0.3, -0.25) is 4.79 Å². The first-order chi connectivity index (χ1) is 8.34. The minimum absolute atomic E-state index is 0.0819. The van der Waals surface area contributed by atoms with E-state index in [0.29, 0.717) is 30.1 Å². The van der Waals surface area contributed by atoms with Crippen molar-refractivity contribution in [1.29, 1.82) is 0 Å². The highest BCUT2D eigenvalue weighted by atomic mass is 16.5. The van der Waals surface area contributed by atoms with Gasteiger partial charge in [0.05, 0.1) is 17.9 Å². The Kier molecular flexibility index (Phi) is 2.49. The van der Waals surface area contributed by atoms with Crippen LogP contribution < -0.4 is 5.32 Å². The summed E-state index contributed by atoms with van der Waals surface area (Å²) in [7, 11) is 0. The summed E-state index contributed by atoms with van der Waals surface area (Å²) in [6.45, 7) is 1.11. The highest BCUT2D eigenvalue weighted by Crippen LogP contribution is 2.22. The maximum absolute atomic E-state index is 11.9. The van der Waals surface area contributed by atoms with E-state index in [1.807, 2.05) is 0 Å². The largest absolute Gasteiger partial charge is 0.381 e. The Morgan fingerprint density at radius 1 is 1.53 bits per heavy atom. The average Bonchev–Trinajstić information content (AvgIpc) is 2.98. The van der Waals surface area contributed by atoms with Crippen LogP contribution in [0.5, 0.6) is 0 Å². The van der Waals surface area contributed by atoms with E-state index < -0.39 is 0 Å². The van der Waals surface area contributed by atoms with Crippen molar-refractivity contribution in [1.82, 2.24) is 10.1 Å². The molecule has 1 amide bonds. The number of carbonyl (C=O) groups is 1. The second-order valence-electron chi connectivity index (χ2n) is 3.94. The number of rotatable bonds is 2. The lowest BCUT2D eigenvalue weighted by atomic mass is 10.1. The van der Waals surface area contributed by atoms with Crippen molar-refractivity contribution in [2.45, 2.75) is 6.42 Å². The molecule has 1 N–H and O–H groups in total. The molecule has 3 heterocycles. The molecule has 0 saturated carbocycles. The summed E-state index contributed by atoms with van der Waals surface area (Å²) < 4.78 is 10.2. The van der Waals surface area contributed by atoms with Crippen LogP contribution in [-0.4, -0.2) is 29.3 Å². The zero-order valence-corrected chi connectivity index (χ0v) is 9.05. The third-order valence-electron chi connectivity index (χ3n) is 2.79. The monoisotopic (exact) mass is 233 g/mol. The number of ether oxygens (including phenoxy) is 1. The van der Waals surface area contributed by atoms with Crippen molar-refractivity contribution in [2.75, 3.05) is 18.5 Å². The molecule has 1 atom stereocenters. The quantitative estimate of drug-likeness (QED) is 0.843. The first kappa shape index (κ1) is 10.2. The van der Waals surface area contributed by atoms with Gasteiger partial charge in [-0.1, -0.05) is 5.16 Å². The van der Waals surface area contributed by atoms with E-state index in [9.17, 15) is 4.79 Å². The van der Waals surface area contributed by atoms with E-state index in [2.05, 4.69) is 15.5 Å². The number of anilines is 1. The van der Waals surface area contributed by atoms with Gasteiger partial charge in [0.15, 0.2) is 5.82 Å². The SMILES string of the molecule is O=C(Nc1noc2ncccc12)C1CCOC1. The van der Waals surface area contributed by atoms with E-state index in [0.717, 1.165) is 6.42 Å². The smallest absolute Gasteiger partial charge is 0.259 e. The zero-order valence-electron chi connectivity index (χ0n) is 9.05. The van der Waals surface area contributed by atoms with Crippen molar-refractivity contribution in [2.24, 2.45) is 5.92 Å². The fraction of sp³-hybridized carbons (Fsp3) is 0.364. The minimum Gasteiger partial charge on any atom is -0.381 e. The van der Waals surface area contributed by atoms with Crippen molar-refractivity contribution in [3.63, 3.8) is 0 Å². The first-order valence-electron chi connectivity index (χ1n) is 5.43. The Labute approximate surface area is 96.9 Å². The number of hydrogen-bond donors (Lipinski definition) is 1. The number of carbonyl (C=O) groups excluding carboxylic acids is 1. The molecule has 1 aliphatic rings. The van der Waals surface area contributed by atoms with Crippen LogP contribution in [0.2, 0.25) is 0 Å². The second-order valence-corrected chi connectivity index (χ2v) is 3.94. The Bertz CT molecular complexity index is 546. The van der Waals surface area contributed by atoms with Crippen LogP contribution in [-0.2, 0) is 9.53 Å². The molecule has 0 spiro atoms. The molecule has 2 aromatic rings. The van der Waals surface area contributed by atoms with Crippen LogP contribution in [0.25, 0.3) is 11.1 Å². The Balaban J connectivity index is 1.82. The molecule has 88 valence electrons. The number of pyridine rings is 1. The summed E-state index contributed by atoms with van der Waals surface area (Å²) >= 11 is 0. The second kappa shape index (κ2) is 4.14. The number of aromatic nitrogens is 2. The molecule has 0 aromatic carbocycles. The normalized spacial score (nSPS) is 19.6. The Hall–Kier alpha value is -1.95. The van der Waals surface area contributed by atoms with Gasteiger partial charge < -0.3 is 14.6 Å². The van der Waals surface area contributed by atoms with Crippen molar-refractivity contribution < 1.29 is 14.1 Å². The van der Waals surface area contributed by atoms with Gasteiger partial charge in [0, 0.05) is 12.8 Å². The molecular weight excluding hydrogens is 222 g/mol. The third-order valence-corrected chi connectivity index (χ3v) is 2.79. The van der Waals surface area contributed by atoms with Crippen molar-refractivity contribution in [3.05, 3.63) is 18.3 Å². The van der Waals surface area contributed by atoms with Crippen molar-refractivity contribution in [3.8, 4) is 0 Å². The topological polar surface area (TPSA) is 77.3 Å². The molecule has 6 nitrogen and oxygen atoms in total. The predicted octanol–water partition coefficient (Wildman–Crippen LogP) is 1.20. The van der Waals surface area contributed by atoms with E-state index in [-0.39, 0.29) is 11.8 Å². The van der Waals surface area contributed by atoms with Crippen LogP contribution in [0, 0.1) is 5.92 Å². The highest BCUT2D eigenvalue weighted by molar-refractivity contribution is 5.98. The molecule has 17 heavy (non-hydrogen) atoms. The molecule has 1 unspecified atom stereocenters. The van der Waals surface area contributed by atoms with Crippen LogP contribution >= 0.6 is 0 Å². The molecule has 0 aliphatic carbocycles. The summed E-state index contributed by atoms with van der Waals surface area (Å²) in [6, 6.07) is 3.58. The van der Waals surface area contributed by atoms with Gasteiger partial charge in [-0.05, 0) is 18.6 Å². The average molecular weight is 233 g/mol. The van der Waals surface area contributed by atoms with E-state index in [4.69, 9.17) is 9.26 Å². The number of nitrogens with one attached hydrogen (secondary N) is 1. The van der Waals surface area contributed by atoms with Crippen LogP contribution in [0.15, 0.2) is 22.9 Å². The fourth-order valence-corrected chi connectivity index (χ4v) is 1.83. The summed E-state index contributed by atoms with van der Waals surface area (Å²) in [5.74, 6) is 0.241. The van der Waals surface area contributed by atoms with E-state index in [1.165, 1.54) is 0 Å². The minimum atomic E-state index is -0.0987. The third kappa shape index (κ3) is 1.87. The van der Waals surface area contributed by atoms with Gasteiger partial charge in [-0.25, -0.2) is 4.98 Å². The molecular formula is C11H11N3O3. The standard InChI is InChI=1S/C11H11N3O3/c15-10(7-3-5-16-6-7)13-9-8-2-1-4-12-11(8)17-14-9/h1-2,4,7H,3,5-6H2,(H,13,14,15). The van der Waals surface area contributed by atoms with Gasteiger partial charge in [0.1, 0.15) is 0 Å². The lowest BCUT2D eigenvalue weighted by molar-refractivity contribution is -0.119. The lowest BCUT2D eigenvalue weighted by Gasteiger charge is -2.06. The highest BCUT2D eigenvalue weighted by Gasteiger charge is 2.24. The van der Waals surface area contributed by atoms with Crippen molar-refractivity contribution >= 4 is 22.8 Å². The van der Waals surface area contributed by atoms with Crippen LogP contribution in [0.3, 0.4) is 0 Å². The Morgan fingerprint density at radius 3 is 3.29 bits per heavy atom. The van der Waals surface area contributed by atoms with Crippen LogP contribution in [0.1, 0.15) is 6.42 Å². The van der Waals surface area contributed by atoms with E-state index >= 15 is 0 Å². The molecule has 0 bridgehead atoms. The Morgan fingerprint density at radius 2 is 2.47 bits per heavy atom. The molecule has 1 aliphatic heterocycles. The zero-order chi connectivity index (χ0) is 11.7. The van der Waals surface area contributed by atoms with Gasteiger partial charge in [0.2, 0.25) is 5.91 Å². The molecule has 0 radical (unpaired) electrons. The van der Waals surface area contributed by atoms with Gasteiger partial charge in [0.25, 0.3) is 5.71 Å². The summed E-state index contributed by atoms with van der Waals surface area (Å²) in [6.07, 6.45) is 2.36. The molecule has 2 aromatic heterocycles. The number of amides is 1. The lowest BCUT2D eigenvalue weighted by Crippen LogP contribution is -2.23. The van der Waals surface area contributed by atoms with Crippen LogP contribution in [0.4, 0.5) is 5.82 Å². The summed E-state index contributed by atoms with van der Waals surface area (Å²) in [5, 5.41) is 7.25. The molecule has 1 fully saturated rings. The number of fused-ring (bicyclic) bond motifs is 1. The number of hydrogen-bond acceptors (Lipinski definition) is 5. The fourth-order valence-electron chi connectivity index (χ4n) is 1.83. The summed E-state index contributed by atoms with van der Waals surface area (Å²) in [5.41, 5.74) is 0.422. The molecule has 3 rings (SSSR count). The maximum Gasteiger partial charge on any atom is 0.259 e. The maximum atomic E-state index is 11.9. The van der Waals surface area contributed by atoms with E-state index in [1.54, 1.807) is 18.3 Å². The first-order valence-corrected chi connectivity index (χ1v) is 5.43. The van der Waals surface area contributed by atoms with Gasteiger partial charge in [-0.15, -0.1) is 0 Å². The van der Waals surface area contributed by atoms with Gasteiger partial charge >= 0.3 is 0 Å². The number of nitrogens with zero attached hydrogens (tertiary/aromatic N) is 2. The summed E-state index contributed by atoms with van der Waals surface area (Å²) in [4.78, 5) is 15.9. The predicted molar refractivity (Wildman–Crippen MR) is 59.4 cm³/mol. The molecule has 6 heteroatoms. The van der Waals surface area contributed by atoms with Gasteiger partial charge in [-0.2, -0.15) is 0 Å². The molecule has 1 saturated heterocycles.